The molecule has 2 N–H and O–H groups in total. The SMILES string of the molecule is Cc1cccc(C)c1CC(N)c1ccnc2ccccc12. The van der Waals surface area contributed by atoms with Crippen LogP contribution in [0.1, 0.15) is 28.3 Å². The molecule has 2 nitrogen and oxygen atoms in total. The number of nitrogens with two attached hydrogens (primary N) is 1. The van der Waals surface area contributed by atoms with E-state index in [4.69, 9.17) is 5.73 Å². The molecule has 0 saturated carbocycles. The van der Waals surface area contributed by atoms with Crippen molar-refractivity contribution in [3.63, 3.8) is 0 Å². The molecule has 0 bridgehead atoms. The van der Waals surface area contributed by atoms with Gasteiger partial charge in [-0.15, -0.1) is 0 Å². The van der Waals surface area contributed by atoms with Crippen molar-refractivity contribution in [3.05, 3.63) is 77.0 Å². The van der Waals surface area contributed by atoms with E-state index in [1.54, 1.807) is 0 Å². The molecule has 0 amide bonds. The van der Waals surface area contributed by atoms with E-state index in [-0.39, 0.29) is 6.04 Å². The fourth-order valence-electron chi connectivity index (χ4n) is 2.94. The Bertz CT molecular complexity index is 752. The van der Waals surface area contributed by atoms with Crippen molar-refractivity contribution in [1.29, 1.82) is 0 Å². The van der Waals surface area contributed by atoms with Crippen LogP contribution in [0.15, 0.2) is 54.7 Å². The van der Waals surface area contributed by atoms with Gasteiger partial charge in [-0.2, -0.15) is 0 Å². The van der Waals surface area contributed by atoms with Crippen LogP contribution in [0.5, 0.6) is 0 Å². The third-order valence-electron chi connectivity index (χ3n) is 4.15. The number of para-hydroxylation sites is 1. The van der Waals surface area contributed by atoms with Crippen LogP contribution in [0.3, 0.4) is 0 Å². The fourth-order valence-corrected chi connectivity index (χ4v) is 2.94. The Labute approximate surface area is 125 Å². The number of aryl methyl sites for hydroxylation is 2. The highest BCUT2D eigenvalue weighted by Gasteiger charge is 2.13. The van der Waals surface area contributed by atoms with E-state index in [0.29, 0.717) is 0 Å². The number of fused-ring (bicyclic) bond motifs is 1. The lowest BCUT2D eigenvalue weighted by atomic mass is 9.92. The Hall–Kier alpha value is -2.19. The minimum atomic E-state index is -0.0160. The lowest BCUT2D eigenvalue weighted by Crippen LogP contribution is -2.15. The molecule has 0 fully saturated rings. The minimum Gasteiger partial charge on any atom is -0.324 e. The molecule has 0 radical (unpaired) electrons. The zero-order valence-electron chi connectivity index (χ0n) is 12.5. The highest BCUT2D eigenvalue weighted by molar-refractivity contribution is 5.82. The van der Waals surface area contributed by atoms with E-state index < -0.39 is 0 Å². The van der Waals surface area contributed by atoms with Gasteiger partial charge in [-0.1, -0.05) is 36.4 Å². The largest absolute Gasteiger partial charge is 0.324 e. The highest BCUT2D eigenvalue weighted by atomic mass is 14.7. The topological polar surface area (TPSA) is 38.9 Å². The molecular weight excluding hydrogens is 256 g/mol. The lowest BCUT2D eigenvalue weighted by molar-refractivity contribution is 0.720. The van der Waals surface area contributed by atoms with Gasteiger partial charge in [0.15, 0.2) is 0 Å². The molecule has 2 heteroatoms. The standard InChI is InChI=1S/C19H20N2/c1-13-6-5-7-14(2)17(13)12-18(20)15-10-11-21-19-9-4-3-8-16(15)19/h3-11,18H,12,20H2,1-2H3. The highest BCUT2D eigenvalue weighted by Crippen LogP contribution is 2.26. The number of hydrogen-bond donors (Lipinski definition) is 1. The van der Waals surface area contributed by atoms with Crippen LogP contribution in [0.25, 0.3) is 10.9 Å². The molecule has 0 aliphatic rings. The van der Waals surface area contributed by atoms with Gasteiger partial charge in [-0.05, 0) is 54.7 Å². The summed E-state index contributed by atoms with van der Waals surface area (Å²) in [7, 11) is 0. The van der Waals surface area contributed by atoms with Crippen molar-refractivity contribution >= 4 is 10.9 Å². The van der Waals surface area contributed by atoms with E-state index in [1.165, 1.54) is 22.3 Å². The molecule has 0 aliphatic carbocycles. The van der Waals surface area contributed by atoms with Crippen molar-refractivity contribution in [1.82, 2.24) is 4.98 Å². The summed E-state index contributed by atoms with van der Waals surface area (Å²) >= 11 is 0. The van der Waals surface area contributed by atoms with Gasteiger partial charge in [-0.25, -0.2) is 0 Å². The number of pyridine rings is 1. The Morgan fingerprint density at radius 2 is 1.67 bits per heavy atom. The number of hydrogen-bond acceptors (Lipinski definition) is 2. The quantitative estimate of drug-likeness (QED) is 0.782. The van der Waals surface area contributed by atoms with Gasteiger partial charge in [0.2, 0.25) is 0 Å². The first-order valence-corrected chi connectivity index (χ1v) is 7.31. The van der Waals surface area contributed by atoms with Crippen molar-refractivity contribution < 1.29 is 0 Å². The van der Waals surface area contributed by atoms with Crippen LogP contribution in [-0.2, 0) is 6.42 Å². The second-order valence-electron chi connectivity index (χ2n) is 5.60. The Balaban J connectivity index is 2.00. The molecule has 1 unspecified atom stereocenters. The number of benzene rings is 2. The summed E-state index contributed by atoms with van der Waals surface area (Å²) in [5.41, 5.74) is 12.7. The first-order valence-electron chi connectivity index (χ1n) is 7.31. The second kappa shape index (κ2) is 5.66. The van der Waals surface area contributed by atoms with E-state index in [1.807, 2.05) is 30.5 Å². The Morgan fingerprint density at radius 3 is 2.43 bits per heavy atom. The molecule has 2 aromatic carbocycles. The Morgan fingerprint density at radius 1 is 0.952 bits per heavy atom. The van der Waals surface area contributed by atoms with Crippen LogP contribution < -0.4 is 5.73 Å². The molecule has 106 valence electrons. The maximum atomic E-state index is 6.50. The van der Waals surface area contributed by atoms with Crippen molar-refractivity contribution in [2.75, 3.05) is 0 Å². The zero-order chi connectivity index (χ0) is 14.8. The summed E-state index contributed by atoms with van der Waals surface area (Å²) in [6.07, 6.45) is 2.70. The number of rotatable bonds is 3. The smallest absolute Gasteiger partial charge is 0.0705 e. The Kier molecular flexibility index (Phi) is 3.72. The summed E-state index contributed by atoms with van der Waals surface area (Å²) in [5, 5.41) is 1.15. The molecule has 0 spiro atoms. The van der Waals surface area contributed by atoms with Crippen molar-refractivity contribution in [3.8, 4) is 0 Å². The maximum Gasteiger partial charge on any atom is 0.0705 e. The first-order chi connectivity index (χ1) is 10.2. The van der Waals surface area contributed by atoms with Gasteiger partial charge >= 0.3 is 0 Å². The lowest BCUT2D eigenvalue weighted by Gasteiger charge is -2.17. The predicted molar refractivity (Wildman–Crippen MR) is 88.3 cm³/mol. The summed E-state index contributed by atoms with van der Waals surface area (Å²) in [6, 6.07) is 16.6. The molecule has 1 aromatic heterocycles. The summed E-state index contributed by atoms with van der Waals surface area (Å²) in [6.45, 7) is 4.30. The normalized spacial score (nSPS) is 12.5. The molecule has 1 heterocycles. The van der Waals surface area contributed by atoms with Crippen LogP contribution in [0, 0.1) is 13.8 Å². The predicted octanol–water partition coefficient (Wildman–Crippen LogP) is 4.09. The summed E-state index contributed by atoms with van der Waals surface area (Å²) < 4.78 is 0. The molecule has 0 saturated heterocycles. The molecule has 1 atom stereocenters. The van der Waals surface area contributed by atoms with Crippen LogP contribution >= 0.6 is 0 Å². The van der Waals surface area contributed by atoms with Crippen LogP contribution in [0.2, 0.25) is 0 Å². The van der Waals surface area contributed by atoms with Crippen LogP contribution in [-0.4, -0.2) is 4.98 Å². The summed E-state index contributed by atoms with van der Waals surface area (Å²) in [5.74, 6) is 0. The van der Waals surface area contributed by atoms with Gasteiger partial charge in [0.05, 0.1) is 5.52 Å². The molecule has 21 heavy (non-hydrogen) atoms. The van der Waals surface area contributed by atoms with E-state index in [2.05, 4.69) is 43.1 Å². The van der Waals surface area contributed by atoms with Crippen molar-refractivity contribution in [2.45, 2.75) is 26.3 Å². The third kappa shape index (κ3) is 2.67. The molecule has 0 aliphatic heterocycles. The van der Waals surface area contributed by atoms with Gasteiger partial charge in [0.1, 0.15) is 0 Å². The maximum absolute atomic E-state index is 6.50. The minimum absolute atomic E-state index is 0.0160. The van der Waals surface area contributed by atoms with E-state index in [9.17, 15) is 0 Å². The zero-order valence-corrected chi connectivity index (χ0v) is 12.5. The fraction of sp³-hybridized carbons (Fsp3) is 0.211. The number of aromatic nitrogens is 1. The average Bonchev–Trinajstić information content (AvgIpc) is 2.50. The third-order valence-corrected chi connectivity index (χ3v) is 4.15. The first kappa shape index (κ1) is 13.8. The monoisotopic (exact) mass is 276 g/mol. The van der Waals surface area contributed by atoms with Crippen molar-refractivity contribution in [2.24, 2.45) is 5.73 Å². The molecule has 3 rings (SSSR count). The molecule has 3 aromatic rings. The summed E-state index contributed by atoms with van der Waals surface area (Å²) in [4.78, 5) is 4.41. The second-order valence-corrected chi connectivity index (χ2v) is 5.60. The van der Waals surface area contributed by atoms with Crippen LogP contribution in [0.4, 0.5) is 0 Å². The molecular formula is C19H20N2. The average molecular weight is 276 g/mol. The van der Waals surface area contributed by atoms with Gasteiger partial charge < -0.3 is 5.73 Å². The van der Waals surface area contributed by atoms with E-state index >= 15 is 0 Å². The number of nitrogens with zero attached hydrogens (tertiary/aromatic N) is 1. The van der Waals surface area contributed by atoms with Gasteiger partial charge in [0, 0.05) is 17.6 Å². The van der Waals surface area contributed by atoms with E-state index in [0.717, 1.165) is 17.3 Å². The van der Waals surface area contributed by atoms with Gasteiger partial charge in [-0.3, -0.25) is 4.98 Å². The van der Waals surface area contributed by atoms with Gasteiger partial charge in [0.25, 0.3) is 0 Å².